The average Bonchev–Trinajstić information content (AvgIpc) is 2.46. The van der Waals surface area contributed by atoms with E-state index in [0.29, 0.717) is 11.8 Å². The summed E-state index contributed by atoms with van der Waals surface area (Å²) in [5, 5.41) is 0. The zero-order valence-electron chi connectivity index (χ0n) is 11.9. The molecule has 1 fully saturated rings. The molecule has 1 amide bonds. The second-order valence-electron chi connectivity index (χ2n) is 5.55. The third-order valence-corrected chi connectivity index (χ3v) is 4.19. The maximum absolute atomic E-state index is 12.0. The molecule has 0 aromatic heterocycles. The fourth-order valence-electron chi connectivity index (χ4n) is 3.07. The van der Waals surface area contributed by atoms with Gasteiger partial charge in [-0.1, -0.05) is 43.7 Å². The molecule has 104 valence electrons. The lowest BCUT2D eigenvalue weighted by Gasteiger charge is -2.39. The van der Waals surface area contributed by atoms with Crippen LogP contribution in [0.4, 0.5) is 0 Å². The molecule has 19 heavy (non-hydrogen) atoms. The van der Waals surface area contributed by atoms with Crippen LogP contribution in [-0.4, -0.2) is 29.9 Å². The van der Waals surface area contributed by atoms with E-state index in [0.717, 1.165) is 25.9 Å². The Morgan fingerprint density at radius 1 is 1.42 bits per heavy atom. The molecule has 0 bridgehead atoms. The molecule has 1 heterocycles. The van der Waals surface area contributed by atoms with E-state index in [1.165, 1.54) is 5.56 Å². The second kappa shape index (κ2) is 6.20. The molecule has 1 aromatic carbocycles. The standard InChI is InChI=1S/C16H24N2O/c1-3-13-11-18(16(19)12(2)17)10-9-15(13)14-7-5-4-6-8-14/h4-8,12-13,15H,3,9-11,17H2,1-2H3/t12-,13?,15?/m1/s1. The molecule has 0 spiro atoms. The number of piperidine rings is 1. The lowest BCUT2D eigenvalue weighted by molar-refractivity contribution is -0.134. The summed E-state index contributed by atoms with van der Waals surface area (Å²) in [5.74, 6) is 1.20. The summed E-state index contributed by atoms with van der Waals surface area (Å²) in [6.45, 7) is 5.65. The van der Waals surface area contributed by atoms with Crippen molar-refractivity contribution in [3.63, 3.8) is 0 Å². The van der Waals surface area contributed by atoms with Gasteiger partial charge in [0.15, 0.2) is 0 Å². The van der Waals surface area contributed by atoms with Crippen LogP contribution in [0, 0.1) is 5.92 Å². The molecule has 2 rings (SSSR count). The number of nitrogens with two attached hydrogens (primary N) is 1. The van der Waals surface area contributed by atoms with Crippen LogP contribution in [0.5, 0.6) is 0 Å². The van der Waals surface area contributed by atoms with Gasteiger partial charge in [-0.05, 0) is 30.7 Å². The molecule has 1 aromatic rings. The predicted octanol–water partition coefficient (Wildman–Crippen LogP) is 2.38. The zero-order valence-corrected chi connectivity index (χ0v) is 11.9. The first-order valence-corrected chi connectivity index (χ1v) is 7.22. The number of nitrogens with zero attached hydrogens (tertiary/aromatic N) is 1. The topological polar surface area (TPSA) is 46.3 Å². The summed E-state index contributed by atoms with van der Waals surface area (Å²) in [4.78, 5) is 13.9. The van der Waals surface area contributed by atoms with Crippen LogP contribution in [0.3, 0.4) is 0 Å². The molecule has 2 unspecified atom stereocenters. The number of hydrogen-bond acceptors (Lipinski definition) is 2. The summed E-state index contributed by atoms with van der Waals surface area (Å²) in [7, 11) is 0. The summed E-state index contributed by atoms with van der Waals surface area (Å²) in [6.07, 6.45) is 2.14. The van der Waals surface area contributed by atoms with Gasteiger partial charge >= 0.3 is 0 Å². The van der Waals surface area contributed by atoms with Gasteiger partial charge in [0, 0.05) is 13.1 Å². The Bertz CT molecular complexity index is 416. The minimum absolute atomic E-state index is 0.0879. The summed E-state index contributed by atoms with van der Waals surface area (Å²) >= 11 is 0. The summed E-state index contributed by atoms with van der Waals surface area (Å²) < 4.78 is 0. The predicted molar refractivity (Wildman–Crippen MR) is 77.8 cm³/mol. The second-order valence-corrected chi connectivity index (χ2v) is 5.55. The van der Waals surface area contributed by atoms with Crippen LogP contribution in [0.15, 0.2) is 30.3 Å². The molecular formula is C16H24N2O. The van der Waals surface area contributed by atoms with Crippen molar-refractivity contribution in [3.8, 4) is 0 Å². The van der Waals surface area contributed by atoms with Gasteiger partial charge in [0.25, 0.3) is 0 Å². The highest BCUT2D eigenvalue weighted by Crippen LogP contribution is 2.34. The average molecular weight is 260 g/mol. The van der Waals surface area contributed by atoms with Crippen molar-refractivity contribution in [1.82, 2.24) is 4.90 Å². The fourth-order valence-corrected chi connectivity index (χ4v) is 3.07. The van der Waals surface area contributed by atoms with Crippen LogP contribution in [0.1, 0.15) is 38.2 Å². The van der Waals surface area contributed by atoms with E-state index in [-0.39, 0.29) is 11.9 Å². The SMILES string of the molecule is CCC1CN(C(=O)[C@@H](C)N)CCC1c1ccccc1. The first-order valence-electron chi connectivity index (χ1n) is 7.22. The van der Waals surface area contributed by atoms with E-state index in [1.807, 2.05) is 4.90 Å². The molecule has 3 atom stereocenters. The highest BCUT2D eigenvalue weighted by molar-refractivity contribution is 5.81. The van der Waals surface area contributed by atoms with Crippen LogP contribution in [0.25, 0.3) is 0 Å². The van der Waals surface area contributed by atoms with Crippen molar-refractivity contribution in [3.05, 3.63) is 35.9 Å². The van der Waals surface area contributed by atoms with Crippen LogP contribution in [0.2, 0.25) is 0 Å². The number of amides is 1. The smallest absolute Gasteiger partial charge is 0.239 e. The van der Waals surface area contributed by atoms with E-state index in [9.17, 15) is 4.79 Å². The number of hydrogen-bond donors (Lipinski definition) is 1. The maximum Gasteiger partial charge on any atom is 0.239 e. The van der Waals surface area contributed by atoms with Gasteiger partial charge in [-0.15, -0.1) is 0 Å². The number of likely N-dealkylation sites (tertiary alicyclic amines) is 1. The van der Waals surface area contributed by atoms with Crippen molar-refractivity contribution in [2.75, 3.05) is 13.1 Å². The van der Waals surface area contributed by atoms with Crippen LogP contribution >= 0.6 is 0 Å². The Kier molecular flexibility index (Phi) is 4.59. The van der Waals surface area contributed by atoms with E-state index in [1.54, 1.807) is 6.92 Å². The summed E-state index contributed by atoms with van der Waals surface area (Å²) in [6, 6.07) is 10.3. The van der Waals surface area contributed by atoms with E-state index in [2.05, 4.69) is 37.3 Å². The molecule has 1 aliphatic rings. The molecule has 1 saturated heterocycles. The Labute approximate surface area is 115 Å². The highest BCUT2D eigenvalue weighted by atomic mass is 16.2. The first kappa shape index (κ1) is 14.1. The number of rotatable bonds is 3. The number of carbonyl (C=O) groups is 1. The largest absolute Gasteiger partial charge is 0.341 e. The molecule has 0 saturated carbocycles. The third kappa shape index (κ3) is 3.16. The Morgan fingerprint density at radius 2 is 2.11 bits per heavy atom. The van der Waals surface area contributed by atoms with Gasteiger partial charge in [-0.3, -0.25) is 4.79 Å². The van der Waals surface area contributed by atoms with Crippen molar-refractivity contribution in [2.24, 2.45) is 11.7 Å². The normalized spacial score (nSPS) is 25.1. The minimum Gasteiger partial charge on any atom is -0.341 e. The first-order chi connectivity index (χ1) is 9.13. The number of benzene rings is 1. The fraction of sp³-hybridized carbons (Fsp3) is 0.562. The van der Waals surface area contributed by atoms with Gasteiger partial charge in [0.1, 0.15) is 0 Å². The molecule has 0 aliphatic carbocycles. The van der Waals surface area contributed by atoms with E-state index in [4.69, 9.17) is 5.73 Å². The van der Waals surface area contributed by atoms with Crippen molar-refractivity contribution < 1.29 is 4.79 Å². The Balaban J connectivity index is 2.09. The van der Waals surface area contributed by atoms with Gasteiger partial charge in [-0.25, -0.2) is 0 Å². The lowest BCUT2D eigenvalue weighted by atomic mass is 9.79. The molecule has 1 aliphatic heterocycles. The van der Waals surface area contributed by atoms with Gasteiger partial charge in [0.2, 0.25) is 5.91 Å². The van der Waals surface area contributed by atoms with Crippen LogP contribution in [-0.2, 0) is 4.79 Å². The third-order valence-electron chi connectivity index (χ3n) is 4.19. The Morgan fingerprint density at radius 3 is 2.68 bits per heavy atom. The quantitative estimate of drug-likeness (QED) is 0.907. The van der Waals surface area contributed by atoms with Crippen molar-refractivity contribution in [1.29, 1.82) is 0 Å². The van der Waals surface area contributed by atoms with E-state index >= 15 is 0 Å². The van der Waals surface area contributed by atoms with Crippen molar-refractivity contribution in [2.45, 2.75) is 38.6 Å². The Hall–Kier alpha value is -1.35. The molecular weight excluding hydrogens is 236 g/mol. The van der Waals surface area contributed by atoms with E-state index < -0.39 is 0 Å². The molecule has 2 N–H and O–H groups in total. The van der Waals surface area contributed by atoms with Gasteiger partial charge in [0.05, 0.1) is 6.04 Å². The number of carbonyl (C=O) groups excluding carboxylic acids is 1. The van der Waals surface area contributed by atoms with Gasteiger partial charge < -0.3 is 10.6 Å². The molecule has 0 radical (unpaired) electrons. The molecule has 3 nitrogen and oxygen atoms in total. The monoisotopic (exact) mass is 260 g/mol. The van der Waals surface area contributed by atoms with Gasteiger partial charge in [-0.2, -0.15) is 0 Å². The summed E-state index contributed by atoms with van der Waals surface area (Å²) in [5.41, 5.74) is 7.11. The maximum atomic E-state index is 12.0. The molecule has 3 heteroatoms. The lowest BCUT2D eigenvalue weighted by Crippen LogP contribution is -2.48. The highest BCUT2D eigenvalue weighted by Gasteiger charge is 2.31. The zero-order chi connectivity index (χ0) is 13.8. The van der Waals surface area contributed by atoms with Crippen molar-refractivity contribution >= 4 is 5.91 Å². The van der Waals surface area contributed by atoms with Crippen LogP contribution < -0.4 is 5.73 Å². The minimum atomic E-state index is -0.384.